The maximum atomic E-state index is 4.45. The third-order valence-electron chi connectivity index (χ3n) is 3.85. The molecule has 1 aliphatic rings. The van der Waals surface area contributed by atoms with Gasteiger partial charge in [0, 0.05) is 24.8 Å². The summed E-state index contributed by atoms with van der Waals surface area (Å²) in [7, 11) is 0. The van der Waals surface area contributed by atoms with Crippen molar-refractivity contribution in [1.82, 2.24) is 24.5 Å². The van der Waals surface area contributed by atoms with Crippen LogP contribution in [0.3, 0.4) is 0 Å². The van der Waals surface area contributed by atoms with Gasteiger partial charge < -0.3 is 10.2 Å². The van der Waals surface area contributed by atoms with E-state index in [0.717, 1.165) is 31.0 Å². The number of aryl methyl sites for hydroxylation is 1. The number of nitrogens with zero attached hydrogens (tertiary/aromatic N) is 5. The fraction of sp³-hybridized carbons (Fsp3) is 0.643. The van der Waals surface area contributed by atoms with Gasteiger partial charge in [-0.3, -0.25) is 0 Å². The minimum absolute atomic E-state index is 0.671. The van der Waals surface area contributed by atoms with Crippen LogP contribution in [-0.2, 0) is 6.42 Å². The summed E-state index contributed by atoms with van der Waals surface area (Å²) in [5, 5.41) is 7.70. The van der Waals surface area contributed by atoms with Gasteiger partial charge in [-0.15, -0.1) is 0 Å². The first-order valence-corrected chi connectivity index (χ1v) is 7.52. The molecule has 20 heavy (non-hydrogen) atoms. The molecule has 0 radical (unpaired) electrons. The van der Waals surface area contributed by atoms with Crippen LogP contribution in [0.1, 0.15) is 31.9 Å². The van der Waals surface area contributed by atoms with E-state index in [1.807, 2.05) is 0 Å². The van der Waals surface area contributed by atoms with Crippen molar-refractivity contribution in [3.8, 4) is 0 Å². The van der Waals surface area contributed by atoms with Gasteiger partial charge in [-0.05, 0) is 32.4 Å². The highest BCUT2D eigenvalue weighted by atomic mass is 15.4. The Hall–Kier alpha value is -1.69. The Morgan fingerprint density at radius 1 is 1.25 bits per heavy atom. The molecule has 3 heterocycles. The van der Waals surface area contributed by atoms with E-state index in [0.29, 0.717) is 5.78 Å². The molecule has 0 atom stereocenters. The van der Waals surface area contributed by atoms with Crippen molar-refractivity contribution in [1.29, 1.82) is 0 Å². The zero-order valence-corrected chi connectivity index (χ0v) is 12.0. The summed E-state index contributed by atoms with van der Waals surface area (Å²) in [4.78, 5) is 11.2. The standard InChI is InChI=1S/C14H22N6/c1-2-12-10-13(20-14(18-12)16-11-17-20)15-6-9-19-7-4-3-5-8-19/h10-11,15H,2-9H2,1H3. The molecule has 1 fully saturated rings. The van der Waals surface area contributed by atoms with Crippen molar-refractivity contribution in [2.24, 2.45) is 0 Å². The number of rotatable bonds is 5. The van der Waals surface area contributed by atoms with Crippen molar-refractivity contribution >= 4 is 11.6 Å². The van der Waals surface area contributed by atoms with E-state index in [1.54, 1.807) is 10.8 Å². The number of nitrogens with one attached hydrogen (secondary N) is 1. The number of anilines is 1. The predicted molar refractivity (Wildman–Crippen MR) is 78.9 cm³/mol. The van der Waals surface area contributed by atoms with Gasteiger partial charge in [0.25, 0.3) is 5.78 Å². The lowest BCUT2D eigenvalue weighted by molar-refractivity contribution is 0.237. The fourth-order valence-corrected chi connectivity index (χ4v) is 2.69. The van der Waals surface area contributed by atoms with Gasteiger partial charge in [-0.25, -0.2) is 4.98 Å². The van der Waals surface area contributed by atoms with Crippen molar-refractivity contribution in [3.05, 3.63) is 18.1 Å². The van der Waals surface area contributed by atoms with Gasteiger partial charge in [-0.2, -0.15) is 14.6 Å². The molecule has 1 aliphatic heterocycles. The van der Waals surface area contributed by atoms with Crippen LogP contribution in [0.25, 0.3) is 5.78 Å². The Morgan fingerprint density at radius 2 is 2.10 bits per heavy atom. The molecule has 6 nitrogen and oxygen atoms in total. The van der Waals surface area contributed by atoms with Gasteiger partial charge >= 0.3 is 0 Å². The topological polar surface area (TPSA) is 58.4 Å². The molecule has 3 rings (SSSR count). The molecule has 6 heteroatoms. The zero-order chi connectivity index (χ0) is 13.8. The normalized spacial score (nSPS) is 16.6. The largest absolute Gasteiger partial charge is 0.369 e. The summed E-state index contributed by atoms with van der Waals surface area (Å²) < 4.78 is 1.77. The van der Waals surface area contributed by atoms with E-state index in [-0.39, 0.29) is 0 Å². The first-order valence-electron chi connectivity index (χ1n) is 7.52. The molecular formula is C14H22N6. The molecule has 0 unspecified atom stereocenters. The van der Waals surface area contributed by atoms with E-state index in [2.05, 4.69) is 38.3 Å². The van der Waals surface area contributed by atoms with Gasteiger partial charge in [0.2, 0.25) is 0 Å². The lowest BCUT2D eigenvalue weighted by Crippen LogP contribution is -2.33. The van der Waals surface area contributed by atoms with Gasteiger partial charge in [0.05, 0.1) is 0 Å². The Balaban J connectivity index is 1.65. The average molecular weight is 274 g/mol. The summed E-state index contributed by atoms with van der Waals surface area (Å²) in [5.41, 5.74) is 1.05. The maximum absolute atomic E-state index is 4.45. The lowest BCUT2D eigenvalue weighted by Gasteiger charge is -2.26. The molecule has 2 aromatic rings. The second-order valence-electron chi connectivity index (χ2n) is 5.29. The lowest BCUT2D eigenvalue weighted by atomic mass is 10.1. The van der Waals surface area contributed by atoms with E-state index in [1.165, 1.54) is 32.4 Å². The molecule has 108 valence electrons. The monoisotopic (exact) mass is 274 g/mol. The molecular weight excluding hydrogens is 252 g/mol. The van der Waals surface area contributed by atoms with Crippen molar-refractivity contribution in [2.45, 2.75) is 32.6 Å². The smallest absolute Gasteiger partial charge is 0.254 e. The van der Waals surface area contributed by atoms with E-state index in [4.69, 9.17) is 0 Å². The van der Waals surface area contributed by atoms with Crippen LogP contribution in [0.4, 0.5) is 5.82 Å². The predicted octanol–water partition coefficient (Wildman–Crippen LogP) is 1.58. The number of piperidine rings is 1. The molecule has 0 bridgehead atoms. The Bertz CT molecular complexity index is 558. The Morgan fingerprint density at radius 3 is 2.90 bits per heavy atom. The molecule has 0 saturated carbocycles. The van der Waals surface area contributed by atoms with Crippen LogP contribution in [0.5, 0.6) is 0 Å². The number of likely N-dealkylation sites (tertiary alicyclic amines) is 1. The van der Waals surface area contributed by atoms with Crippen molar-refractivity contribution in [2.75, 3.05) is 31.5 Å². The summed E-state index contributed by atoms with van der Waals surface area (Å²) in [5.74, 6) is 1.66. The summed E-state index contributed by atoms with van der Waals surface area (Å²) in [6.45, 7) is 6.59. The highest BCUT2D eigenvalue weighted by Gasteiger charge is 2.10. The average Bonchev–Trinajstić information content (AvgIpc) is 2.96. The minimum atomic E-state index is 0.671. The Labute approximate surface area is 119 Å². The van der Waals surface area contributed by atoms with Gasteiger partial charge in [-0.1, -0.05) is 13.3 Å². The SMILES string of the molecule is CCc1cc(NCCN2CCCCC2)n2ncnc2n1. The second-order valence-corrected chi connectivity index (χ2v) is 5.29. The number of aromatic nitrogens is 4. The minimum Gasteiger partial charge on any atom is -0.369 e. The van der Waals surface area contributed by atoms with Crippen LogP contribution in [0.15, 0.2) is 12.4 Å². The molecule has 1 N–H and O–H groups in total. The molecule has 2 aromatic heterocycles. The number of hydrogen-bond donors (Lipinski definition) is 1. The second kappa shape index (κ2) is 6.17. The molecule has 0 amide bonds. The third kappa shape index (κ3) is 2.90. The maximum Gasteiger partial charge on any atom is 0.254 e. The van der Waals surface area contributed by atoms with Gasteiger partial charge in [0.15, 0.2) is 0 Å². The Kier molecular flexibility index (Phi) is 4.11. The zero-order valence-electron chi connectivity index (χ0n) is 12.0. The molecule has 0 spiro atoms. The molecule has 0 aromatic carbocycles. The summed E-state index contributed by atoms with van der Waals surface area (Å²) in [6.07, 6.45) is 6.51. The molecule has 0 aliphatic carbocycles. The number of fused-ring (bicyclic) bond motifs is 1. The highest BCUT2D eigenvalue weighted by Crippen LogP contribution is 2.12. The fourth-order valence-electron chi connectivity index (χ4n) is 2.69. The molecule has 1 saturated heterocycles. The highest BCUT2D eigenvalue weighted by molar-refractivity contribution is 5.44. The van der Waals surface area contributed by atoms with Crippen LogP contribution in [-0.4, -0.2) is 50.7 Å². The first-order chi connectivity index (χ1) is 9.86. The van der Waals surface area contributed by atoms with Gasteiger partial charge in [0.1, 0.15) is 12.1 Å². The van der Waals surface area contributed by atoms with Crippen molar-refractivity contribution in [3.63, 3.8) is 0 Å². The van der Waals surface area contributed by atoms with E-state index >= 15 is 0 Å². The summed E-state index contributed by atoms with van der Waals surface area (Å²) in [6, 6.07) is 2.07. The van der Waals surface area contributed by atoms with Crippen molar-refractivity contribution < 1.29 is 0 Å². The van der Waals surface area contributed by atoms with E-state index < -0.39 is 0 Å². The van der Waals surface area contributed by atoms with E-state index in [9.17, 15) is 0 Å². The first kappa shape index (κ1) is 13.3. The van der Waals surface area contributed by atoms with Crippen LogP contribution >= 0.6 is 0 Å². The third-order valence-corrected chi connectivity index (χ3v) is 3.85. The quantitative estimate of drug-likeness (QED) is 0.897. The van der Waals surface area contributed by atoms with Crippen LogP contribution in [0.2, 0.25) is 0 Å². The van der Waals surface area contributed by atoms with Crippen LogP contribution < -0.4 is 5.32 Å². The summed E-state index contributed by atoms with van der Waals surface area (Å²) >= 11 is 0. The number of hydrogen-bond acceptors (Lipinski definition) is 5. The van der Waals surface area contributed by atoms with Crippen LogP contribution in [0, 0.1) is 0 Å².